The number of amides is 1. The number of carbonyl (C=O) groups is 1. The topological polar surface area (TPSA) is 53.0 Å². The van der Waals surface area contributed by atoms with E-state index in [-0.39, 0.29) is 12.5 Å². The molecular formula is C14H22N2O3. The van der Waals surface area contributed by atoms with Gasteiger partial charge >= 0.3 is 0 Å². The van der Waals surface area contributed by atoms with Crippen molar-refractivity contribution in [3.05, 3.63) is 29.8 Å². The van der Waals surface area contributed by atoms with Gasteiger partial charge in [-0.05, 0) is 31.3 Å². The van der Waals surface area contributed by atoms with Crippen molar-refractivity contribution in [3.8, 4) is 5.75 Å². The molecule has 0 aliphatic rings. The van der Waals surface area contributed by atoms with Gasteiger partial charge in [0.05, 0.1) is 13.7 Å². The Labute approximate surface area is 114 Å². The lowest BCUT2D eigenvalue weighted by atomic mass is 10.2. The number of methoxy groups -OCH3 is 1. The average Bonchev–Trinajstić information content (AvgIpc) is 2.44. The molecule has 0 aromatic heterocycles. The van der Waals surface area contributed by atoms with Gasteiger partial charge in [0.2, 0.25) is 0 Å². The Balaban J connectivity index is 2.51. The van der Waals surface area contributed by atoms with Crippen molar-refractivity contribution < 1.29 is 14.6 Å². The van der Waals surface area contributed by atoms with Gasteiger partial charge in [0, 0.05) is 32.2 Å². The maximum atomic E-state index is 12.1. The Morgan fingerprint density at radius 1 is 1.16 bits per heavy atom. The molecule has 0 heterocycles. The number of aliphatic hydroxyl groups excluding tert-OH is 1. The fourth-order valence-electron chi connectivity index (χ4n) is 1.66. The van der Waals surface area contributed by atoms with Crippen molar-refractivity contribution in [2.75, 3.05) is 47.4 Å². The molecule has 0 spiro atoms. The van der Waals surface area contributed by atoms with Crippen LogP contribution in [0.5, 0.6) is 5.75 Å². The maximum Gasteiger partial charge on any atom is 0.253 e. The van der Waals surface area contributed by atoms with E-state index in [9.17, 15) is 4.79 Å². The zero-order chi connectivity index (χ0) is 14.3. The number of ether oxygens (including phenoxy) is 1. The van der Waals surface area contributed by atoms with E-state index in [1.807, 2.05) is 11.9 Å². The first-order valence-corrected chi connectivity index (χ1v) is 6.27. The molecule has 0 radical (unpaired) electrons. The Morgan fingerprint density at radius 2 is 1.79 bits per heavy atom. The summed E-state index contributed by atoms with van der Waals surface area (Å²) in [4.78, 5) is 15.8. The van der Waals surface area contributed by atoms with Crippen molar-refractivity contribution in [3.63, 3.8) is 0 Å². The van der Waals surface area contributed by atoms with E-state index >= 15 is 0 Å². The lowest BCUT2D eigenvalue weighted by Gasteiger charge is -2.21. The molecule has 0 aliphatic heterocycles. The first-order chi connectivity index (χ1) is 9.08. The van der Waals surface area contributed by atoms with Crippen LogP contribution in [0.25, 0.3) is 0 Å². The van der Waals surface area contributed by atoms with E-state index in [1.165, 1.54) is 0 Å². The van der Waals surface area contributed by atoms with Crippen molar-refractivity contribution in [2.24, 2.45) is 0 Å². The van der Waals surface area contributed by atoms with Gasteiger partial charge in [0.1, 0.15) is 5.75 Å². The maximum absolute atomic E-state index is 12.1. The average molecular weight is 266 g/mol. The summed E-state index contributed by atoms with van der Waals surface area (Å²) in [7, 11) is 5.29. The predicted molar refractivity (Wildman–Crippen MR) is 74.5 cm³/mol. The molecule has 5 nitrogen and oxygen atoms in total. The van der Waals surface area contributed by atoms with E-state index in [0.717, 1.165) is 12.3 Å². The van der Waals surface area contributed by atoms with Gasteiger partial charge in [-0.2, -0.15) is 0 Å². The Kier molecular flexibility index (Phi) is 6.32. The Morgan fingerprint density at radius 3 is 2.32 bits per heavy atom. The van der Waals surface area contributed by atoms with Gasteiger partial charge in [-0.25, -0.2) is 0 Å². The lowest BCUT2D eigenvalue weighted by Crippen LogP contribution is -2.35. The van der Waals surface area contributed by atoms with Crippen LogP contribution in [0.15, 0.2) is 24.3 Å². The van der Waals surface area contributed by atoms with Gasteiger partial charge in [-0.1, -0.05) is 0 Å². The van der Waals surface area contributed by atoms with Gasteiger partial charge < -0.3 is 19.6 Å². The van der Waals surface area contributed by atoms with Gasteiger partial charge in [0.15, 0.2) is 0 Å². The van der Waals surface area contributed by atoms with Crippen LogP contribution < -0.4 is 4.74 Å². The highest BCUT2D eigenvalue weighted by atomic mass is 16.5. The molecule has 1 N–H and O–H groups in total. The number of benzene rings is 1. The van der Waals surface area contributed by atoms with Gasteiger partial charge in [-0.3, -0.25) is 4.79 Å². The fraction of sp³-hybridized carbons (Fsp3) is 0.500. The predicted octanol–water partition coefficient (Wildman–Crippen LogP) is 0.691. The number of hydrogen-bond donors (Lipinski definition) is 1. The Hall–Kier alpha value is -1.59. The molecular weight excluding hydrogens is 244 g/mol. The molecule has 1 aromatic carbocycles. The second kappa shape index (κ2) is 7.76. The molecule has 0 aliphatic carbocycles. The van der Waals surface area contributed by atoms with Gasteiger partial charge in [0.25, 0.3) is 5.91 Å². The zero-order valence-corrected chi connectivity index (χ0v) is 11.8. The molecule has 1 amide bonds. The summed E-state index contributed by atoms with van der Waals surface area (Å²) in [5.41, 5.74) is 0.646. The van der Waals surface area contributed by atoms with E-state index in [0.29, 0.717) is 18.7 Å². The van der Waals surface area contributed by atoms with Crippen LogP contribution in [0.1, 0.15) is 10.4 Å². The van der Waals surface area contributed by atoms with Crippen LogP contribution in [0, 0.1) is 0 Å². The number of likely N-dealkylation sites (N-methyl/N-ethyl adjacent to an activating group) is 2. The van der Waals surface area contributed by atoms with Crippen LogP contribution in [0.2, 0.25) is 0 Å². The summed E-state index contributed by atoms with van der Waals surface area (Å²) in [6.07, 6.45) is 0. The summed E-state index contributed by atoms with van der Waals surface area (Å²) < 4.78 is 5.06. The minimum Gasteiger partial charge on any atom is -0.497 e. The lowest BCUT2D eigenvalue weighted by molar-refractivity contribution is 0.0780. The number of rotatable bonds is 7. The summed E-state index contributed by atoms with van der Waals surface area (Å²) in [5.74, 6) is 0.724. The second-order valence-corrected chi connectivity index (χ2v) is 4.48. The molecule has 1 aromatic rings. The smallest absolute Gasteiger partial charge is 0.253 e. The molecule has 0 fully saturated rings. The standard InChI is InChI=1S/C14H22N2O3/c1-15(10-11-17)8-9-16(2)14(18)12-4-6-13(19-3)7-5-12/h4-7,17H,8-11H2,1-3H3. The minimum atomic E-state index is -0.0138. The molecule has 1 rings (SSSR count). The SMILES string of the molecule is COc1ccc(C(=O)N(C)CCN(C)CCO)cc1. The van der Waals surface area contributed by atoms with Crippen LogP contribution in [0.3, 0.4) is 0 Å². The first kappa shape index (κ1) is 15.5. The van der Waals surface area contributed by atoms with Gasteiger partial charge in [-0.15, -0.1) is 0 Å². The third-order valence-corrected chi connectivity index (χ3v) is 2.98. The summed E-state index contributed by atoms with van der Waals surface area (Å²) >= 11 is 0. The third kappa shape index (κ3) is 4.89. The monoisotopic (exact) mass is 266 g/mol. The zero-order valence-electron chi connectivity index (χ0n) is 11.8. The van der Waals surface area contributed by atoms with E-state index in [1.54, 1.807) is 43.3 Å². The molecule has 0 saturated carbocycles. The van der Waals surface area contributed by atoms with Crippen molar-refractivity contribution in [2.45, 2.75) is 0 Å². The largest absolute Gasteiger partial charge is 0.497 e. The van der Waals surface area contributed by atoms with Crippen LogP contribution in [-0.4, -0.2) is 68.3 Å². The minimum absolute atomic E-state index is 0.0138. The summed E-state index contributed by atoms with van der Waals surface area (Å²) in [6.45, 7) is 2.11. The fourth-order valence-corrected chi connectivity index (χ4v) is 1.66. The highest BCUT2D eigenvalue weighted by Crippen LogP contribution is 2.12. The molecule has 0 unspecified atom stereocenters. The molecule has 106 valence electrons. The van der Waals surface area contributed by atoms with Crippen molar-refractivity contribution in [1.82, 2.24) is 9.80 Å². The van der Waals surface area contributed by atoms with Crippen LogP contribution in [0.4, 0.5) is 0 Å². The molecule has 19 heavy (non-hydrogen) atoms. The molecule has 0 atom stereocenters. The highest BCUT2D eigenvalue weighted by Gasteiger charge is 2.12. The number of hydrogen-bond acceptors (Lipinski definition) is 4. The molecule has 5 heteroatoms. The van der Waals surface area contributed by atoms with E-state index in [2.05, 4.69) is 0 Å². The number of aliphatic hydroxyl groups is 1. The Bertz CT molecular complexity index is 392. The number of carbonyl (C=O) groups excluding carboxylic acids is 1. The third-order valence-electron chi connectivity index (χ3n) is 2.98. The van der Waals surface area contributed by atoms with Crippen LogP contribution >= 0.6 is 0 Å². The normalized spacial score (nSPS) is 10.6. The van der Waals surface area contributed by atoms with E-state index < -0.39 is 0 Å². The van der Waals surface area contributed by atoms with Crippen LogP contribution in [-0.2, 0) is 0 Å². The summed E-state index contributed by atoms with van der Waals surface area (Å²) in [5, 5.41) is 8.80. The quantitative estimate of drug-likeness (QED) is 0.789. The van der Waals surface area contributed by atoms with E-state index in [4.69, 9.17) is 9.84 Å². The van der Waals surface area contributed by atoms with Crippen molar-refractivity contribution >= 4 is 5.91 Å². The molecule has 0 saturated heterocycles. The van der Waals surface area contributed by atoms with Crippen molar-refractivity contribution in [1.29, 1.82) is 0 Å². The number of nitrogens with zero attached hydrogens (tertiary/aromatic N) is 2. The highest BCUT2D eigenvalue weighted by molar-refractivity contribution is 5.94. The molecule has 0 bridgehead atoms. The first-order valence-electron chi connectivity index (χ1n) is 6.27. The second-order valence-electron chi connectivity index (χ2n) is 4.48. The summed E-state index contributed by atoms with van der Waals surface area (Å²) in [6, 6.07) is 7.07.